The third-order valence-electron chi connectivity index (χ3n) is 3.96. The molecule has 0 radical (unpaired) electrons. The highest BCUT2D eigenvalue weighted by Gasteiger charge is 2.10. The molecular weight excluding hydrogens is 312 g/mol. The van der Waals surface area contributed by atoms with Gasteiger partial charge in [-0.05, 0) is 43.3 Å². The molecule has 4 aromatic rings. The van der Waals surface area contributed by atoms with Gasteiger partial charge in [-0.15, -0.1) is 0 Å². The normalized spacial score (nSPS) is 11.8. The van der Waals surface area contributed by atoms with Gasteiger partial charge in [-0.2, -0.15) is 4.99 Å². The maximum atomic E-state index is 13.1. The number of fused-ring (bicyclic) bond motifs is 1. The summed E-state index contributed by atoms with van der Waals surface area (Å²) in [5.74, 6) is 0. The molecule has 0 fully saturated rings. The lowest BCUT2D eigenvalue weighted by molar-refractivity contribution is 0.486. The van der Waals surface area contributed by atoms with Crippen molar-refractivity contribution in [1.29, 1.82) is 0 Å². The van der Waals surface area contributed by atoms with Crippen LogP contribution in [-0.2, 0) is 0 Å². The third kappa shape index (κ3) is 2.90. The number of rotatable bonds is 2. The van der Waals surface area contributed by atoms with E-state index < -0.39 is 0 Å². The van der Waals surface area contributed by atoms with Crippen molar-refractivity contribution in [2.24, 2.45) is 4.99 Å². The lowest BCUT2D eigenvalue weighted by Crippen LogP contribution is -2.31. The van der Waals surface area contributed by atoms with Crippen molar-refractivity contribution in [2.45, 2.75) is 6.92 Å². The number of para-hydroxylation sites is 2. The first kappa shape index (κ1) is 15.1. The largest absolute Gasteiger partial charge is 0.424 e. The molecule has 4 rings (SSSR count). The van der Waals surface area contributed by atoms with Crippen molar-refractivity contribution in [2.75, 3.05) is 0 Å². The van der Waals surface area contributed by atoms with Gasteiger partial charge >= 0.3 is 5.68 Å². The number of nitrogens with zero attached hydrogens (tertiary/aromatic N) is 2. The number of aryl methyl sites for hydroxylation is 1. The molecule has 0 aliphatic heterocycles. The number of hydrogen-bond donors (Lipinski definition) is 0. The fourth-order valence-electron chi connectivity index (χ4n) is 2.74. The summed E-state index contributed by atoms with van der Waals surface area (Å²) in [7, 11) is 0. The quantitative estimate of drug-likeness (QED) is 0.555. The molecule has 0 aliphatic carbocycles. The average molecular weight is 328 g/mol. The molecule has 4 nitrogen and oxygen atoms in total. The Morgan fingerprint density at radius 1 is 0.880 bits per heavy atom. The molecular formula is C21H16N2O2. The zero-order chi connectivity index (χ0) is 17.2. The monoisotopic (exact) mass is 328 g/mol. The Kier molecular flexibility index (Phi) is 3.78. The SMILES string of the molecule is Cc1ccc2oc(=Nc3ccccc3)n(-c3ccccc3)c(=O)c2c1. The molecule has 122 valence electrons. The topological polar surface area (TPSA) is 47.5 Å². The van der Waals surface area contributed by atoms with E-state index in [1.807, 2.05) is 85.8 Å². The van der Waals surface area contributed by atoms with Crippen LogP contribution in [0.3, 0.4) is 0 Å². The second kappa shape index (κ2) is 6.24. The zero-order valence-electron chi connectivity index (χ0n) is 13.7. The first-order valence-electron chi connectivity index (χ1n) is 8.04. The summed E-state index contributed by atoms with van der Waals surface area (Å²) in [4.78, 5) is 17.7. The van der Waals surface area contributed by atoms with E-state index in [0.29, 0.717) is 16.7 Å². The molecule has 0 spiro atoms. The van der Waals surface area contributed by atoms with Crippen molar-refractivity contribution in [1.82, 2.24) is 4.57 Å². The number of benzene rings is 3. The molecule has 25 heavy (non-hydrogen) atoms. The minimum absolute atomic E-state index is 0.147. The van der Waals surface area contributed by atoms with E-state index in [0.717, 1.165) is 11.3 Å². The Morgan fingerprint density at radius 3 is 2.28 bits per heavy atom. The van der Waals surface area contributed by atoms with E-state index >= 15 is 0 Å². The summed E-state index contributed by atoms with van der Waals surface area (Å²) < 4.78 is 7.49. The summed E-state index contributed by atoms with van der Waals surface area (Å²) in [5, 5.41) is 0.538. The van der Waals surface area contributed by atoms with Crippen LogP contribution in [0.25, 0.3) is 16.7 Å². The van der Waals surface area contributed by atoms with Gasteiger partial charge in [0.1, 0.15) is 5.58 Å². The molecule has 1 aromatic heterocycles. The summed E-state index contributed by atoms with van der Waals surface area (Å²) in [6.07, 6.45) is 0. The van der Waals surface area contributed by atoms with E-state index in [2.05, 4.69) is 4.99 Å². The molecule has 3 aromatic carbocycles. The Hall–Kier alpha value is -3.40. The van der Waals surface area contributed by atoms with Crippen LogP contribution in [0.4, 0.5) is 5.69 Å². The van der Waals surface area contributed by atoms with Crippen LogP contribution in [0, 0.1) is 6.92 Å². The van der Waals surface area contributed by atoms with Gasteiger partial charge in [0.25, 0.3) is 5.56 Å². The van der Waals surface area contributed by atoms with Crippen molar-refractivity contribution in [3.8, 4) is 5.69 Å². The molecule has 0 saturated heterocycles. The van der Waals surface area contributed by atoms with Gasteiger partial charge in [-0.25, -0.2) is 4.57 Å². The highest BCUT2D eigenvalue weighted by molar-refractivity contribution is 5.76. The molecule has 0 N–H and O–H groups in total. The van der Waals surface area contributed by atoms with Crippen LogP contribution in [0.15, 0.2) is 93.1 Å². The molecule has 0 aliphatic rings. The zero-order valence-corrected chi connectivity index (χ0v) is 13.7. The van der Waals surface area contributed by atoms with Crippen LogP contribution in [0.2, 0.25) is 0 Å². The summed E-state index contributed by atoms with van der Waals surface area (Å²) >= 11 is 0. The van der Waals surface area contributed by atoms with E-state index in [1.54, 1.807) is 0 Å². The fraction of sp³-hybridized carbons (Fsp3) is 0.0476. The molecule has 0 bridgehead atoms. The third-order valence-corrected chi connectivity index (χ3v) is 3.96. The first-order valence-corrected chi connectivity index (χ1v) is 8.04. The predicted molar refractivity (Wildman–Crippen MR) is 98.2 cm³/mol. The molecule has 0 saturated carbocycles. The summed E-state index contributed by atoms with van der Waals surface area (Å²) in [6.45, 7) is 1.95. The smallest absolute Gasteiger partial charge is 0.310 e. The van der Waals surface area contributed by atoms with Gasteiger partial charge in [0.2, 0.25) is 0 Å². The number of hydrogen-bond acceptors (Lipinski definition) is 3. The van der Waals surface area contributed by atoms with Gasteiger partial charge in [0.15, 0.2) is 0 Å². The summed E-state index contributed by atoms with van der Waals surface area (Å²) in [6, 6.07) is 24.4. The van der Waals surface area contributed by atoms with Crippen LogP contribution in [-0.4, -0.2) is 4.57 Å². The first-order chi connectivity index (χ1) is 12.2. The molecule has 0 unspecified atom stereocenters. The van der Waals surface area contributed by atoms with Crippen molar-refractivity contribution >= 4 is 16.7 Å². The fourth-order valence-corrected chi connectivity index (χ4v) is 2.74. The van der Waals surface area contributed by atoms with Crippen LogP contribution in [0.5, 0.6) is 0 Å². The van der Waals surface area contributed by atoms with E-state index in [9.17, 15) is 4.79 Å². The lowest BCUT2D eigenvalue weighted by Gasteiger charge is -2.08. The van der Waals surface area contributed by atoms with Crippen molar-refractivity contribution in [3.05, 3.63) is 100 Å². The van der Waals surface area contributed by atoms with E-state index in [4.69, 9.17) is 4.42 Å². The second-order valence-electron chi connectivity index (χ2n) is 5.81. The second-order valence-corrected chi connectivity index (χ2v) is 5.81. The van der Waals surface area contributed by atoms with E-state index in [-0.39, 0.29) is 11.2 Å². The lowest BCUT2D eigenvalue weighted by atomic mass is 10.2. The molecule has 0 atom stereocenters. The van der Waals surface area contributed by atoms with Gasteiger partial charge in [-0.3, -0.25) is 4.79 Å². The standard InChI is InChI=1S/C21H16N2O2/c1-15-12-13-19-18(14-15)20(24)23(17-10-6-3-7-11-17)21(25-19)22-16-8-4-2-5-9-16/h2-14H,1H3. The Labute approximate surface area is 144 Å². The minimum Gasteiger partial charge on any atom is -0.424 e. The van der Waals surface area contributed by atoms with Crippen molar-refractivity contribution < 1.29 is 4.42 Å². The maximum Gasteiger partial charge on any atom is 0.310 e. The number of aromatic nitrogens is 1. The highest BCUT2D eigenvalue weighted by atomic mass is 16.3. The van der Waals surface area contributed by atoms with Crippen LogP contribution in [0.1, 0.15) is 5.56 Å². The molecule has 0 amide bonds. The van der Waals surface area contributed by atoms with E-state index in [1.165, 1.54) is 4.57 Å². The highest BCUT2D eigenvalue weighted by Crippen LogP contribution is 2.13. The van der Waals surface area contributed by atoms with Gasteiger partial charge in [-0.1, -0.05) is 48.0 Å². The maximum absolute atomic E-state index is 13.1. The van der Waals surface area contributed by atoms with Gasteiger partial charge < -0.3 is 4.42 Å². The predicted octanol–water partition coefficient (Wildman–Crippen LogP) is 4.12. The Balaban J connectivity index is 2.12. The van der Waals surface area contributed by atoms with Crippen molar-refractivity contribution in [3.63, 3.8) is 0 Å². The summed E-state index contributed by atoms with van der Waals surface area (Å²) in [5.41, 5.74) is 3.07. The Morgan fingerprint density at radius 2 is 1.56 bits per heavy atom. The van der Waals surface area contributed by atoms with Gasteiger partial charge in [0, 0.05) is 0 Å². The minimum atomic E-state index is -0.147. The average Bonchev–Trinajstić information content (AvgIpc) is 2.64. The molecule has 1 heterocycles. The van der Waals surface area contributed by atoms with Crippen LogP contribution >= 0.6 is 0 Å². The van der Waals surface area contributed by atoms with Crippen LogP contribution < -0.4 is 11.2 Å². The van der Waals surface area contributed by atoms with Gasteiger partial charge in [0.05, 0.1) is 16.8 Å². The molecule has 4 heteroatoms. The Bertz CT molecular complexity index is 1160.